The number of ether oxygens (including phenoxy) is 1. The maximum absolute atomic E-state index is 13.3. The first-order valence-electron chi connectivity index (χ1n) is 10.3. The Morgan fingerprint density at radius 1 is 1.00 bits per heavy atom. The van der Waals surface area contributed by atoms with Gasteiger partial charge in [0, 0.05) is 37.3 Å². The molecule has 3 aromatic rings. The number of benzene rings is 2. The molecule has 2 aromatic carbocycles. The van der Waals surface area contributed by atoms with Gasteiger partial charge in [0.15, 0.2) is 5.17 Å². The van der Waals surface area contributed by atoms with E-state index in [-0.39, 0.29) is 5.91 Å². The van der Waals surface area contributed by atoms with Crippen LogP contribution in [-0.4, -0.2) is 40.8 Å². The van der Waals surface area contributed by atoms with E-state index in [0.29, 0.717) is 23.2 Å². The van der Waals surface area contributed by atoms with Crippen molar-refractivity contribution in [1.29, 1.82) is 0 Å². The van der Waals surface area contributed by atoms with Crippen LogP contribution in [0.4, 0.5) is 5.69 Å². The number of hydrogen-bond donors (Lipinski definition) is 0. The van der Waals surface area contributed by atoms with E-state index in [1.807, 2.05) is 60.7 Å². The van der Waals surface area contributed by atoms with Gasteiger partial charge < -0.3 is 9.30 Å². The Balaban J connectivity index is 1.69. The third-order valence-corrected chi connectivity index (χ3v) is 6.01. The summed E-state index contributed by atoms with van der Waals surface area (Å²) in [7, 11) is 1.67. The van der Waals surface area contributed by atoms with Gasteiger partial charge in [0.2, 0.25) is 0 Å². The summed E-state index contributed by atoms with van der Waals surface area (Å²) in [4.78, 5) is 20.4. The van der Waals surface area contributed by atoms with Gasteiger partial charge in [-0.05, 0) is 67.6 Å². The van der Waals surface area contributed by atoms with Crippen LogP contribution in [0, 0.1) is 6.92 Å². The Bertz CT molecular complexity index is 1100. The van der Waals surface area contributed by atoms with Crippen LogP contribution in [0.2, 0.25) is 0 Å². The van der Waals surface area contributed by atoms with Crippen molar-refractivity contribution in [2.45, 2.75) is 13.3 Å². The van der Waals surface area contributed by atoms with Crippen LogP contribution < -0.4 is 0 Å². The van der Waals surface area contributed by atoms with Gasteiger partial charge in [0.1, 0.15) is 0 Å². The summed E-state index contributed by atoms with van der Waals surface area (Å²) >= 11 is 1.42. The zero-order valence-corrected chi connectivity index (χ0v) is 18.5. The summed E-state index contributed by atoms with van der Waals surface area (Å²) in [5.41, 5.74) is 3.99. The van der Waals surface area contributed by atoms with E-state index in [9.17, 15) is 4.79 Å². The molecule has 0 saturated carbocycles. The third-order valence-electron chi connectivity index (χ3n) is 5.00. The molecule has 0 spiro atoms. The minimum Gasteiger partial charge on any atom is -0.385 e. The Labute approximate surface area is 187 Å². The molecule has 0 atom stereocenters. The lowest BCUT2D eigenvalue weighted by atomic mass is 10.3. The molecule has 6 heteroatoms. The molecule has 158 valence electrons. The normalized spacial score (nSPS) is 16.6. The number of aromatic nitrogens is 1. The van der Waals surface area contributed by atoms with Crippen molar-refractivity contribution in [3.8, 4) is 5.69 Å². The minimum absolute atomic E-state index is 0.0192. The largest absolute Gasteiger partial charge is 0.385 e. The minimum atomic E-state index is -0.0192. The van der Waals surface area contributed by atoms with Crippen molar-refractivity contribution in [3.63, 3.8) is 0 Å². The first-order chi connectivity index (χ1) is 15.2. The van der Waals surface area contributed by atoms with Crippen LogP contribution in [0.5, 0.6) is 0 Å². The number of aliphatic imine (C=N–C) groups is 1. The molecule has 31 heavy (non-hydrogen) atoms. The number of methoxy groups -OCH3 is 1. The van der Waals surface area contributed by atoms with Crippen molar-refractivity contribution in [3.05, 3.63) is 89.1 Å². The van der Waals surface area contributed by atoms with E-state index in [1.165, 1.54) is 11.8 Å². The molecule has 0 N–H and O–H groups in total. The van der Waals surface area contributed by atoms with Crippen LogP contribution in [-0.2, 0) is 9.53 Å². The standard InChI is InChI=1S/C25H25N3O2S/c1-19-14-15-22(28(19)21-12-7-4-8-13-21)18-23-24(29)27(16-9-17-30-2)25(31-23)26-20-10-5-3-6-11-20/h3-8,10-15,18H,9,16-17H2,1-2H3/b23-18-,26-25?. The lowest BCUT2D eigenvalue weighted by molar-refractivity contribution is -0.122. The molecule has 0 radical (unpaired) electrons. The van der Waals surface area contributed by atoms with Crippen LogP contribution in [0.15, 0.2) is 82.7 Å². The van der Waals surface area contributed by atoms with Gasteiger partial charge in [0.25, 0.3) is 5.91 Å². The number of amidine groups is 1. The zero-order chi connectivity index (χ0) is 21.6. The van der Waals surface area contributed by atoms with Crippen LogP contribution in [0.3, 0.4) is 0 Å². The van der Waals surface area contributed by atoms with Crippen LogP contribution >= 0.6 is 11.8 Å². The second kappa shape index (κ2) is 9.81. The van der Waals surface area contributed by atoms with Gasteiger partial charge in [-0.1, -0.05) is 36.4 Å². The van der Waals surface area contributed by atoms with Crippen LogP contribution in [0.1, 0.15) is 17.8 Å². The number of carbonyl (C=O) groups is 1. The molecule has 2 heterocycles. The molecular weight excluding hydrogens is 406 g/mol. The average molecular weight is 432 g/mol. The predicted octanol–water partition coefficient (Wildman–Crippen LogP) is 5.43. The van der Waals surface area contributed by atoms with Gasteiger partial charge in [0.05, 0.1) is 10.6 Å². The summed E-state index contributed by atoms with van der Waals surface area (Å²) in [6, 6.07) is 24.0. The number of aryl methyl sites for hydroxylation is 1. The fourth-order valence-electron chi connectivity index (χ4n) is 3.50. The van der Waals surface area contributed by atoms with Crippen molar-refractivity contribution in [2.24, 2.45) is 4.99 Å². The quantitative estimate of drug-likeness (QED) is 0.370. The molecule has 0 unspecified atom stereocenters. The Hall–Kier alpha value is -3.09. The van der Waals surface area contributed by atoms with E-state index in [1.54, 1.807) is 12.0 Å². The molecule has 0 aliphatic carbocycles. The number of para-hydroxylation sites is 2. The highest BCUT2D eigenvalue weighted by atomic mass is 32.2. The van der Waals surface area contributed by atoms with Gasteiger partial charge in [-0.15, -0.1) is 0 Å². The number of carbonyl (C=O) groups excluding carboxylic acids is 1. The third kappa shape index (κ3) is 4.81. The molecule has 0 bridgehead atoms. The van der Waals surface area contributed by atoms with E-state index >= 15 is 0 Å². The first-order valence-corrected chi connectivity index (χ1v) is 11.1. The van der Waals surface area contributed by atoms with E-state index in [2.05, 4.69) is 29.7 Å². The highest BCUT2D eigenvalue weighted by Gasteiger charge is 2.33. The van der Waals surface area contributed by atoms with E-state index in [4.69, 9.17) is 9.73 Å². The fraction of sp³-hybridized carbons (Fsp3) is 0.200. The van der Waals surface area contributed by atoms with E-state index < -0.39 is 0 Å². The molecule has 1 aliphatic rings. The molecule has 1 aromatic heterocycles. The molecule has 1 saturated heterocycles. The second-order valence-electron chi connectivity index (χ2n) is 7.21. The highest BCUT2D eigenvalue weighted by Crippen LogP contribution is 2.35. The number of thioether (sulfide) groups is 1. The molecule has 1 aliphatic heterocycles. The lowest BCUT2D eigenvalue weighted by Crippen LogP contribution is -2.30. The van der Waals surface area contributed by atoms with Gasteiger partial charge in [-0.2, -0.15) is 0 Å². The van der Waals surface area contributed by atoms with E-state index in [0.717, 1.165) is 29.2 Å². The van der Waals surface area contributed by atoms with Crippen molar-refractivity contribution < 1.29 is 9.53 Å². The topological polar surface area (TPSA) is 46.8 Å². The number of rotatable bonds is 7. The summed E-state index contributed by atoms with van der Waals surface area (Å²) in [5.74, 6) is -0.0192. The molecule has 1 amide bonds. The number of hydrogen-bond acceptors (Lipinski definition) is 4. The van der Waals surface area contributed by atoms with Gasteiger partial charge >= 0.3 is 0 Å². The number of amides is 1. The molecule has 5 nitrogen and oxygen atoms in total. The summed E-state index contributed by atoms with van der Waals surface area (Å²) in [5, 5.41) is 0.702. The summed E-state index contributed by atoms with van der Waals surface area (Å²) in [6.45, 7) is 3.24. The highest BCUT2D eigenvalue weighted by molar-refractivity contribution is 8.18. The molecular formula is C25H25N3O2S. The van der Waals surface area contributed by atoms with Gasteiger partial charge in [-0.3, -0.25) is 9.69 Å². The maximum atomic E-state index is 13.3. The van der Waals surface area contributed by atoms with Gasteiger partial charge in [-0.25, -0.2) is 4.99 Å². The fourth-order valence-corrected chi connectivity index (χ4v) is 4.51. The second-order valence-corrected chi connectivity index (χ2v) is 8.22. The molecule has 1 fully saturated rings. The predicted molar refractivity (Wildman–Crippen MR) is 128 cm³/mol. The Kier molecular flexibility index (Phi) is 6.70. The van der Waals surface area contributed by atoms with Crippen molar-refractivity contribution >= 4 is 34.6 Å². The SMILES string of the molecule is COCCCN1C(=O)/C(=C/c2ccc(C)n2-c2ccccc2)SC1=Nc1ccccc1. The first kappa shape index (κ1) is 21.2. The zero-order valence-electron chi connectivity index (χ0n) is 17.7. The average Bonchev–Trinajstić information content (AvgIpc) is 3.29. The Morgan fingerprint density at radius 3 is 2.42 bits per heavy atom. The maximum Gasteiger partial charge on any atom is 0.266 e. The monoisotopic (exact) mass is 431 g/mol. The summed E-state index contributed by atoms with van der Waals surface area (Å²) in [6.07, 6.45) is 2.72. The lowest BCUT2D eigenvalue weighted by Gasteiger charge is -2.15. The van der Waals surface area contributed by atoms with Crippen LogP contribution in [0.25, 0.3) is 11.8 Å². The van der Waals surface area contributed by atoms with Crippen molar-refractivity contribution in [1.82, 2.24) is 9.47 Å². The Morgan fingerprint density at radius 2 is 1.71 bits per heavy atom. The van der Waals surface area contributed by atoms with Crippen molar-refractivity contribution in [2.75, 3.05) is 20.3 Å². The summed E-state index contributed by atoms with van der Waals surface area (Å²) < 4.78 is 7.33. The number of nitrogens with zero attached hydrogens (tertiary/aromatic N) is 3. The smallest absolute Gasteiger partial charge is 0.266 e. The molecule has 4 rings (SSSR count).